The van der Waals surface area contributed by atoms with Gasteiger partial charge >= 0.3 is 0 Å². The van der Waals surface area contributed by atoms with E-state index in [2.05, 4.69) is 20.1 Å². The third kappa shape index (κ3) is 2.32. The van der Waals surface area contributed by atoms with Crippen LogP contribution in [0.15, 0.2) is 18.2 Å². The minimum absolute atomic E-state index is 0.187. The standard InChI is InChI=1S/C14H17FN4/c1-10-11(15)5-4-6-12(10)16-9-14-18-17-13-7-2-3-8-19(13)14/h4-6,16H,2-3,7-9H2,1H3. The summed E-state index contributed by atoms with van der Waals surface area (Å²) >= 11 is 0. The van der Waals surface area contributed by atoms with Crippen LogP contribution in [0, 0.1) is 12.7 Å². The quantitative estimate of drug-likeness (QED) is 0.922. The Morgan fingerprint density at radius 1 is 1.32 bits per heavy atom. The number of rotatable bonds is 3. The van der Waals surface area contributed by atoms with Crippen LogP contribution in [0.1, 0.15) is 30.1 Å². The highest BCUT2D eigenvalue weighted by atomic mass is 19.1. The molecule has 0 spiro atoms. The van der Waals surface area contributed by atoms with Crippen molar-refractivity contribution in [1.82, 2.24) is 14.8 Å². The van der Waals surface area contributed by atoms with Crippen LogP contribution in [0.3, 0.4) is 0 Å². The molecule has 0 bridgehead atoms. The first-order chi connectivity index (χ1) is 9.25. The van der Waals surface area contributed by atoms with Gasteiger partial charge in [0.1, 0.15) is 11.6 Å². The van der Waals surface area contributed by atoms with Gasteiger partial charge in [-0.3, -0.25) is 0 Å². The first kappa shape index (κ1) is 12.1. The van der Waals surface area contributed by atoms with Gasteiger partial charge in [-0.25, -0.2) is 4.39 Å². The number of anilines is 1. The lowest BCUT2D eigenvalue weighted by Crippen LogP contribution is -2.15. The van der Waals surface area contributed by atoms with Crippen LogP contribution < -0.4 is 5.32 Å². The fourth-order valence-corrected chi connectivity index (χ4v) is 2.47. The Morgan fingerprint density at radius 2 is 2.21 bits per heavy atom. The van der Waals surface area contributed by atoms with Crippen LogP contribution in [0.5, 0.6) is 0 Å². The lowest BCUT2D eigenvalue weighted by molar-refractivity contribution is 0.509. The topological polar surface area (TPSA) is 42.7 Å². The average Bonchev–Trinajstić information content (AvgIpc) is 2.84. The van der Waals surface area contributed by atoms with Gasteiger partial charge in [0.15, 0.2) is 5.82 Å². The molecule has 5 heteroatoms. The zero-order chi connectivity index (χ0) is 13.2. The maximum Gasteiger partial charge on any atom is 0.152 e. The van der Waals surface area contributed by atoms with Gasteiger partial charge in [0.25, 0.3) is 0 Å². The summed E-state index contributed by atoms with van der Waals surface area (Å²) in [6.07, 6.45) is 3.37. The fraction of sp³-hybridized carbons (Fsp3) is 0.429. The van der Waals surface area contributed by atoms with Crippen molar-refractivity contribution >= 4 is 5.69 Å². The fourth-order valence-electron chi connectivity index (χ4n) is 2.47. The van der Waals surface area contributed by atoms with Crippen LogP contribution in [-0.4, -0.2) is 14.8 Å². The number of nitrogens with zero attached hydrogens (tertiary/aromatic N) is 3. The molecule has 1 aromatic carbocycles. The van der Waals surface area contributed by atoms with E-state index in [1.54, 1.807) is 13.0 Å². The van der Waals surface area contributed by atoms with E-state index in [1.165, 1.54) is 18.9 Å². The molecule has 0 amide bonds. The molecule has 0 atom stereocenters. The first-order valence-electron chi connectivity index (χ1n) is 6.65. The Kier molecular flexibility index (Phi) is 3.19. The molecular weight excluding hydrogens is 243 g/mol. The predicted octanol–water partition coefficient (Wildman–Crippen LogP) is 2.67. The summed E-state index contributed by atoms with van der Waals surface area (Å²) in [5.74, 6) is 1.81. The van der Waals surface area contributed by atoms with E-state index in [4.69, 9.17) is 0 Å². The molecule has 19 heavy (non-hydrogen) atoms. The molecule has 1 aliphatic heterocycles. The van der Waals surface area contributed by atoms with Gasteiger partial charge in [0, 0.05) is 24.2 Å². The van der Waals surface area contributed by atoms with Gasteiger partial charge in [-0.05, 0) is 31.9 Å². The molecule has 3 rings (SSSR count). The monoisotopic (exact) mass is 260 g/mol. The van der Waals surface area contributed by atoms with E-state index >= 15 is 0 Å². The minimum atomic E-state index is -0.187. The number of aryl methyl sites for hydroxylation is 1. The second kappa shape index (κ2) is 4.99. The molecular formula is C14H17FN4. The van der Waals surface area contributed by atoms with E-state index in [-0.39, 0.29) is 5.82 Å². The molecule has 0 saturated carbocycles. The molecule has 1 aromatic heterocycles. The predicted molar refractivity (Wildman–Crippen MR) is 71.4 cm³/mol. The highest BCUT2D eigenvalue weighted by molar-refractivity contribution is 5.50. The van der Waals surface area contributed by atoms with Gasteiger partial charge in [-0.15, -0.1) is 10.2 Å². The Bertz CT molecular complexity index is 591. The summed E-state index contributed by atoms with van der Waals surface area (Å²) in [6.45, 7) is 3.34. The van der Waals surface area contributed by atoms with Crippen molar-refractivity contribution in [2.24, 2.45) is 0 Å². The molecule has 2 heterocycles. The van der Waals surface area contributed by atoms with Crippen LogP contribution in [0.4, 0.5) is 10.1 Å². The summed E-state index contributed by atoms with van der Waals surface area (Å²) in [4.78, 5) is 0. The van der Waals surface area contributed by atoms with Crippen LogP contribution in [-0.2, 0) is 19.5 Å². The number of halogens is 1. The number of hydrogen-bond acceptors (Lipinski definition) is 3. The SMILES string of the molecule is Cc1c(F)cccc1NCc1nnc2n1CCCC2. The zero-order valence-corrected chi connectivity index (χ0v) is 11.0. The summed E-state index contributed by atoms with van der Waals surface area (Å²) < 4.78 is 15.6. The van der Waals surface area contributed by atoms with Crippen LogP contribution >= 0.6 is 0 Å². The third-order valence-corrected chi connectivity index (χ3v) is 3.64. The second-order valence-corrected chi connectivity index (χ2v) is 4.91. The third-order valence-electron chi connectivity index (χ3n) is 3.64. The normalized spacial score (nSPS) is 14.2. The van der Waals surface area contributed by atoms with Crippen molar-refractivity contribution < 1.29 is 4.39 Å². The molecule has 0 unspecified atom stereocenters. The molecule has 0 saturated heterocycles. The Hall–Kier alpha value is -1.91. The molecule has 0 aliphatic carbocycles. The van der Waals surface area contributed by atoms with Gasteiger partial charge in [-0.1, -0.05) is 6.07 Å². The van der Waals surface area contributed by atoms with Gasteiger partial charge in [-0.2, -0.15) is 0 Å². The Morgan fingerprint density at radius 3 is 3.11 bits per heavy atom. The lowest BCUT2D eigenvalue weighted by Gasteiger charge is -2.15. The summed E-state index contributed by atoms with van der Waals surface area (Å²) in [5.41, 5.74) is 1.45. The zero-order valence-electron chi connectivity index (χ0n) is 11.0. The number of fused-ring (bicyclic) bond motifs is 1. The van der Waals surface area contributed by atoms with Gasteiger partial charge < -0.3 is 9.88 Å². The smallest absolute Gasteiger partial charge is 0.152 e. The van der Waals surface area contributed by atoms with E-state index in [1.807, 2.05) is 6.07 Å². The number of nitrogens with one attached hydrogen (secondary N) is 1. The molecule has 1 N–H and O–H groups in total. The minimum Gasteiger partial charge on any atom is -0.377 e. The Balaban J connectivity index is 1.76. The maximum absolute atomic E-state index is 13.4. The second-order valence-electron chi connectivity index (χ2n) is 4.91. The van der Waals surface area contributed by atoms with Crippen molar-refractivity contribution in [3.05, 3.63) is 41.2 Å². The van der Waals surface area contributed by atoms with Crippen molar-refractivity contribution in [1.29, 1.82) is 0 Å². The summed E-state index contributed by atoms with van der Waals surface area (Å²) in [6, 6.07) is 5.06. The maximum atomic E-state index is 13.4. The highest BCUT2D eigenvalue weighted by Crippen LogP contribution is 2.19. The number of aromatic nitrogens is 3. The molecule has 0 fully saturated rings. The molecule has 1 aliphatic rings. The summed E-state index contributed by atoms with van der Waals surface area (Å²) in [5, 5.41) is 11.7. The largest absolute Gasteiger partial charge is 0.377 e. The van der Waals surface area contributed by atoms with Crippen molar-refractivity contribution in [2.45, 2.75) is 39.3 Å². The lowest BCUT2D eigenvalue weighted by atomic mass is 10.1. The highest BCUT2D eigenvalue weighted by Gasteiger charge is 2.15. The first-order valence-corrected chi connectivity index (χ1v) is 6.65. The van der Waals surface area contributed by atoms with Crippen LogP contribution in [0.25, 0.3) is 0 Å². The average molecular weight is 260 g/mol. The van der Waals surface area contributed by atoms with Crippen molar-refractivity contribution in [3.63, 3.8) is 0 Å². The van der Waals surface area contributed by atoms with Gasteiger partial charge in [0.2, 0.25) is 0 Å². The van der Waals surface area contributed by atoms with Crippen molar-refractivity contribution in [3.8, 4) is 0 Å². The van der Waals surface area contributed by atoms with Crippen LogP contribution in [0.2, 0.25) is 0 Å². The van der Waals surface area contributed by atoms with Crippen molar-refractivity contribution in [2.75, 3.05) is 5.32 Å². The molecule has 100 valence electrons. The molecule has 0 radical (unpaired) electrons. The number of hydrogen-bond donors (Lipinski definition) is 1. The van der Waals surface area contributed by atoms with E-state index in [0.29, 0.717) is 12.1 Å². The molecule has 4 nitrogen and oxygen atoms in total. The van der Waals surface area contributed by atoms with Gasteiger partial charge in [0.05, 0.1) is 6.54 Å². The number of benzene rings is 1. The van der Waals surface area contributed by atoms with E-state index in [0.717, 1.165) is 30.3 Å². The Labute approximate surface area is 111 Å². The summed E-state index contributed by atoms with van der Waals surface area (Å²) in [7, 11) is 0. The molecule has 2 aromatic rings. The van der Waals surface area contributed by atoms with E-state index < -0.39 is 0 Å². The van der Waals surface area contributed by atoms with E-state index in [9.17, 15) is 4.39 Å².